The van der Waals surface area contributed by atoms with Crippen LogP contribution in [0.25, 0.3) is 11.0 Å². The maximum absolute atomic E-state index is 12.8. The van der Waals surface area contributed by atoms with Crippen LogP contribution >= 0.6 is 0 Å². The number of imidazole rings is 1. The predicted octanol–water partition coefficient (Wildman–Crippen LogP) is 3.30. The number of hydrogen-bond acceptors (Lipinski definition) is 4. The van der Waals surface area contributed by atoms with Crippen LogP contribution in [0.3, 0.4) is 0 Å². The van der Waals surface area contributed by atoms with E-state index in [0.29, 0.717) is 13.1 Å². The SMILES string of the molecule is COc1ccc(N2CC(C(=O)NCc3nc4ccccc4n3C(C)C)CC2=O)cc1. The monoisotopic (exact) mass is 406 g/mol. The lowest BCUT2D eigenvalue weighted by Crippen LogP contribution is -2.33. The minimum absolute atomic E-state index is 0.0465. The lowest BCUT2D eigenvalue weighted by molar-refractivity contribution is -0.126. The fourth-order valence-electron chi connectivity index (χ4n) is 4.00. The Hall–Kier alpha value is -3.35. The summed E-state index contributed by atoms with van der Waals surface area (Å²) < 4.78 is 7.30. The van der Waals surface area contributed by atoms with Gasteiger partial charge < -0.3 is 19.5 Å². The first kappa shape index (κ1) is 19.9. The molecule has 2 amide bonds. The summed E-state index contributed by atoms with van der Waals surface area (Å²) in [6, 6.07) is 15.5. The van der Waals surface area contributed by atoms with Gasteiger partial charge in [0.15, 0.2) is 0 Å². The van der Waals surface area contributed by atoms with E-state index in [4.69, 9.17) is 4.74 Å². The number of anilines is 1. The van der Waals surface area contributed by atoms with Gasteiger partial charge in [0.25, 0.3) is 0 Å². The van der Waals surface area contributed by atoms with Crippen LogP contribution in [0.5, 0.6) is 5.75 Å². The number of nitrogens with zero attached hydrogens (tertiary/aromatic N) is 3. The summed E-state index contributed by atoms with van der Waals surface area (Å²) in [5.74, 6) is 0.997. The second kappa shape index (κ2) is 8.18. The normalized spacial score (nSPS) is 16.5. The molecule has 0 spiro atoms. The van der Waals surface area contributed by atoms with E-state index in [1.165, 1.54) is 0 Å². The third-order valence-corrected chi connectivity index (χ3v) is 5.49. The van der Waals surface area contributed by atoms with E-state index < -0.39 is 0 Å². The fraction of sp³-hybridized carbons (Fsp3) is 0.348. The van der Waals surface area contributed by atoms with Gasteiger partial charge in [0.2, 0.25) is 11.8 Å². The molecule has 1 N–H and O–H groups in total. The van der Waals surface area contributed by atoms with E-state index in [9.17, 15) is 9.59 Å². The number of aromatic nitrogens is 2. The van der Waals surface area contributed by atoms with Gasteiger partial charge >= 0.3 is 0 Å². The molecule has 7 heteroatoms. The number of carbonyl (C=O) groups excluding carboxylic acids is 2. The van der Waals surface area contributed by atoms with Crippen molar-refractivity contribution in [3.8, 4) is 5.75 Å². The summed E-state index contributed by atoms with van der Waals surface area (Å²) in [5.41, 5.74) is 2.74. The average molecular weight is 406 g/mol. The molecule has 2 heterocycles. The molecule has 0 radical (unpaired) electrons. The first-order valence-corrected chi connectivity index (χ1v) is 10.2. The number of nitrogens with one attached hydrogen (secondary N) is 1. The number of para-hydroxylation sites is 2. The molecule has 4 rings (SSSR count). The first-order chi connectivity index (χ1) is 14.5. The lowest BCUT2D eigenvalue weighted by Gasteiger charge is -2.17. The van der Waals surface area contributed by atoms with E-state index >= 15 is 0 Å². The third kappa shape index (κ3) is 3.75. The Morgan fingerprint density at radius 2 is 1.93 bits per heavy atom. The molecule has 1 aromatic heterocycles. The Balaban J connectivity index is 1.44. The highest BCUT2D eigenvalue weighted by Gasteiger charge is 2.35. The highest BCUT2D eigenvalue weighted by molar-refractivity contribution is 6.00. The van der Waals surface area contributed by atoms with E-state index in [2.05, 4.69) is 28.7 Å². The highest BCUT2D eigenvalue weighted by atomic mass is 16.5. The van der Waals surface area contributed by atoms with Crippen molar-refractivity contribution in [3.05, 3.63) is 54.4 Å². The Morgan fingerprint density at radius 1 is 1.20 bits per heavy atom. The minimum atomic E-state index is -0.378. The van der Waals surface area contributed by atoms with Crippen molar-refractivity contribution in [1.82, 2.24) is 14.9 Å². The zero-order valence-corrected chi connectivity index (χ0v) is 17.5. The molecule has 7 nitrogen and oxygen atoms in total. The summed E-state index contributed by atoms with van der Waals surface area (Å²) >= 11 is 0. The topological polar surface area (TPSA) is 76.5 Å². The number of ether oxygens (including phenoxy) is 1. The molecule has 1 atom stereocenters. The minimum Gasteiger partial charge on any atom is -0.497 e. The van der Waals surface area contributed by atoms with Crippen LogP contribution in [0.2, 0.25) is 0 Å². The number of fused-ring (bicyclic) bond motifs is 1. The summed E-state index contributed by atoms with van der Waals surface area (Å²) in [5, 5.41) is 2.99. The number of rotatable bonds is 6. The van der Waals surface area contributed by atoms with Crippen molar-refractivity contribution in [1.29, 1.82) is 0 Å². The highest BCUT2D eigenvalue weighted by Crippen LogP contribution is 2.27. The molecule has 1 saturated heterocycles. The second-order valence-corrected chi connectivity index (χ2v) is 7.80. The van der Waals surface area contributed by atoms with Crippen LogP contribution in [-0.2, 0) is 16.1 Å². The Morgan fingerprint density at radius 3 is 2.63 bits per heavy atom. The van der Waals surface area contributed by atoms with Crippen LogP contribution in [0.1, 0.15) is 32.1 Å². The standard InChI is InChI=1S/C23H26N4O3/c1-15(2)27-20-7-5-4-6-19(20)25-21(27)13-24-23(29)16-12-22(28)26(14-16)17-8-10-18(30-3)11-9-17/h4-11,15-16H,12-14H2,1-3H3,(H,24,29). The first-order valence-electron chi connectivity index (χ1n) is 10.2. The predicted molar refractivity (Wildman–Crippen MR) is 115 cm³/mol. The summed E-state index contributed by atoms with van der Waals surface area (Å²) in [7, 11) is 1.60. The fourth-order valence-corrected chi connectivity index (χ4v) is 4.00. The van der Waals surface area contributed by atoms with Crippen LogP contribution < -0.4 is 15.0 Å². The van der Waals surface area contributed by atoms with Gasteiger partial charge in [0.1, 0.15) is 11.6 Å². The van der Waals surface area contributed by atoms with Crippen LogP contribution in [0.4, 0.5) is 5.69 Å². The third-order valence-electron chi connectivity index (χ3n) is 5.49. The van der Waals surface area contributed by atoms with Crippen LogP contribution in [0.15, 0.2) is 48.5 Å². The molecule has 1 unspecified atom stereocenters. The maximum atomic E-state index is 12.8. The number of benzene rings is 2. The molecule has 1 aliphatic heterocycles. The van der Waals surface area contributed by atoms with Gasteiger partial charge in [-0.25, -0.2) is 4.98 Å². The van der Waals surface area contributed by atoms with Crippen molar-refractivity contribution in [3.63, 3.8) is 0 Å². The van der Waals surface area contributed by atoms with E-state index in [-0.39, 0.29) is 30.2 Å². The Labute approximate surface area is 175 Å². The van der Waals surface area contributed by atoms with Gasteiger partial charge in [-0.15, -0.1) is 0 Å². The zero-order valence-electron chi connectivity index (χ0n) is 17.5. The molecule has 1 aliphatic rings. The van der Waals surface area contributed by atoms with Crippen molar-refractivity contribution >= 4 is 28.5 Å². The van der Waals surface area contributed by atoms with Crippen molar-refractivity contribution in [2.24, 2.45) is 5.92 Å². The average Bonchev–Trinajstić information content (AvgIpc) is 3.32. The molecule has 1 fully saturated rings. The zero-order chi connectivity index (χ0) is 21.3. The van der Waals surface area contributed by atoms with Gasteiger partial charge in [0, 0.05) is 24.7 Å². The van der Waals surface area contributed by atoms with Crippen LogP contribution in [0, 0.1) is 5.92 Å². The van der Waals surface area contributed by atoms with Crippen LogP contribution in [-0.4, -0.2) is 35.0 Å². The molecule has 0 bridgehead atoms. The van der Waals surface area contributed by atoms with Crippen molar-refractivity contribution < 1.29 is 14.3 Å². The van der Waals surface area contributed by atoms with E-state index in [0.717, 1.165) is 28.3 Å². The Kier molecular flexibility index (Phi) is 5.44. The van der Waals surface area contributed by atoms with Gasteiger partial charge in [-0.05, 0) is 50.2 Å². The number of amides is 2. The molecule has 3 aromatic rings. The van der Waals surface area contributed by atoms with Gasteiger partial charge in [-0.1, -0.05) is 12.1 Å². The maximum Gasteiger partial charge on any atom is 0.227 e. The van der Waals surface area contributed by atoms with E-state index in [1.54, 1.807) is 12.0 Å². The molecule has 156 valence electrons. The van der Waals surface area contributed by atoms with E-state index in [1.807, 2.05) is 48.5 Å². The van der Waals surface area contributed by atoms with Crippen molar-refractivity contribution in [2.45, 2.75) is 32.9 Å². The number of carbonyl (C=O) groups is 2. The van der Waals surface area contributed by atoms with Gasteiger partial charge in [-0.2, -0.15) is 0 Å². The van der Waals surface area contributed by atoms with Crippen molar-refractivity contribution in [2.75, 3.05) is 18.6 Å². The summed E-state index contributed by atoms with van der Waals surface area (Å²) in [6.45, 7) is 4.90. The molecular weight excluding hydrogens is 380 g/mol. The van der Waals surface area contributed by atoms with Gasteiger partial charge in [0.05, 0.1) is 30.6 Å². The Bertz CT molecular complexity index is 1070. The molecular formula is C23H26N4O3. The number of hydrogen-bond donors (Lipinski definition) is 1. The lowest BCUT2D eigenvalue weighted by atomic mass is 10.1. The summed E-state index contributed by atoms with van der Waals surface area (Å²) in [6.07, 6.45) is 0.207. The largest absolute Gasteiger partial charge is 0.497 e. The molecule has 30 heavy (non-hydrogen) atoms. The molecule has 2 aromatic carbocycles. The molecule has 0 saturated carbocycles. The van der Waals surface area contributed by atoms with Gasteiger partial charge in [-0.3, -0.25) is 9.59 Å². The molecule has 0 aliphatic carbocycles. The number of methoxy groups -OCH3 is 1. The summed E-state index contributed by atoms with van der Waals surface area (Å²) in [4.78, 5) is 31.6. The second-order valence-electron chi connectivity index (χ2n) is 7.80. The quantitative estimate of drug-likeness (QED) is 0.682. The smallest absolute Gasteiger partial charge is 0.227 e.